The average Bonchev–Trinajstić information content (AvgIpc) is 2.10. The molecule has 0 aromatic rings. The fourth-order valence-electron chi connectivity index (χ4n) is 1.41. The molecule has 1 rings (SSSR count). The summed E-state index contributed by atoms with van der Waals surface area (Å²) in [6, 6.07) is 0. The van der Waals surface area contributed by atoms with Crippen molar-refractivity contribution in [1.82, 2.24) is 4.90 Å². The zero-order valence-electron chi connectivity index (χ0n) is 8.49. The third-order valence-electron chi connectivity index (χ3n) is 2.35. The summed E-state index contributed by atoms with van der Waals surface area (Å²) in [4.78, 5) is 13.0. The van der Waals surface area contributed by atoms with Gasteiger partial charge in [-0.1, -0.05) is 0 Å². The van der Waals surface area contributed by atoms with Gasteiger partial charge in [-0.15, -0.1) is 0 Å². The second kappa shape index (κ2) is 5.97. The van der Waals surface area contributed by atoms with Gasteiger partial charge in [0.15, 0.2) is 0 Å². The molecule has 0 bridgehead atoms. The smallest absolute Gasteiger partial charge is 0.261 e. The molecular weight excluding hydrogens is 206 g/mol. The van der Waals surface area contributed by atoms with Gasteiger partial charge in [0.25, 0.3) is 6.43 Å². The summed E-state index contributed by atoms with van der Waals surface area (Å²) >= 11 is 0. The summed E-state index contributed by atoms with van der Waals surface area (Å²) in [7, 11) is 0. The van der Waals surface area contributed by atoms with Gasteiger partial charge in [0, 0.05) is 19.0 Å². The lowest BCUT2D eigenvalue weighted by Gasteiger charge is -2.38. The van der Waals surface area contributed by atoms with E-state index in [2.05, 4.69) is 4.74 Å². The predicted molar refractivity (Wildman–Crippen MR) is 50.6 cm³/mol. The van der Waals surface area contributed by atoms with Crippen LogP contribution in [0.1, 0.15) is 6.42 Å². The molecule has 1 aliphatic rings. The molecule has 4 nitrogen and oxygen atoms in total. The highest BCUT2D eigenvalue weighted by Crippen LogP contribution is 2.14. The number of ether oxygens (including phenoxy) is 1. The number of amides is 1. The summed E-state index contributed by atoms with van der Waals surface area (Å²) < 4.78 is 27.9. The van der Waals surface area contributed by atoms with Crippen LogP contribution in [0.15, 0.2) is 0 Å². The first-order chi connectivity index (χ1) is 7.13. The van der Waals surface area contributed by atoms with E-state index < -0.39 is 13.0 Å². The van der Waals surface area contributed by atoms with Crippen molar-refractivity contribution in [2.45, 2.75) is 12.8 Å². The molecule has 0 radical (unpaired) electrons. The second-order valence-electron chi connectivity index (χ2n) is 3.62. The van der Waals surface area contributed by atoms with Crippen molar-refractivity contribution in [3.05, 3.63) is 0 Å². The maximum atomic E-state index is 11.7. The zero-order chi connectivity index (χ0) is 11.3. The van der Waals surface area contributed by atoms with Crippen LogP contribution in [-0.2, 0) is 9.53 Å². The molecule has 0 aromatic heterocycles. The van der Waals surface area contributed by atoms with E-state index >= 15 is 0 Å². The van der Waals surface area contributed by atoms with Crippen LogP contribution < -0.4 is 5.73 Å². The van der Waals surface area contributed by atoms with Crippen molar-refractivity contribution in [2.24, 2.45) is 11.7 Å². The first-order valence-electron chi connectivity index (χ1n) is 4.97. The first kappa shape index (κ1) is 12.3. The van der Waals surface area contributed by atoms with E-state index in [0.717, 1.165) is 0 Å². The fourth-order valence-corrected chi connectivity index (χ4v) is 1.41. The fraction of sp³-hybridized carbons (Fsp3) is 0.889. The number of hydrogen-bond acceptors (Lipinski definition) is 3. The number of hydrogen-bond donors (Lipinski definition) is 1. The quantitative estimate of drug-likeness (QED) is 0.647. The molecule has 1 fully saturated rings. The Hall–Kier alpha value is -0.750. The number of likely N-dealkylation sites (tertiary alicyclic amines) is 1. The molecule has 0 saturated carbocycles. The molecule has 1 saturated heterocycles. The van der Waals surface area contributed by atoms with E-state index in [1.54, 1.807) is 4.90 Å². The minimum absolute atomic E-state index is 0.0473. The summed E-state index contributed by atoms with van der Waals surface area (Å²) in [5.74, 6) is 0.352. The Morgan fingerprint density at radius 3 is 2.73 bits per heavy atom. The lowest BCUT2D eigenvalue weighted by molar-refractivity contribution is -0.138. The van der Waals surface area contributed by atoms with Crippen LogP contribution in [-0.4, -0.2) is 50.1 Å². The van der Waals surface area contributed by atoms with Gasteiger partial charge >= 0.3 is 0 Å². The van der Waals surface area contributed by atoms with E-state index in [1.807, 2.05) is 0 Å². The molecule has 2 N–H and O–H groups in total. The molecule has 88 valence electrons. The standard InChI is InChI=1S/C9H16F2N2O2/c10-8(11)6-15-2-1-9(14)13-4-7(3-12)5-13/h7-8H,1-6,12H2. The van der Waals surface area contributed by atoms with Crippen LogP contribution in [0.5, 0.6) is 0 Å². The molecular formula is C9H16F2N2O2. The Morgan fingerprint density at radius 2 is 2.20 bits per heavy atom. The Bertz CT molecular complexity index is 208. The van der Waals surface area contributed by atoms with Crippen molar-refractivity contribution in [1.29, 1.82) is 0 Å². The molecule has 0 atom stereocenters. The van der Waals surface area contributed by atoms with Crippen LogP contribution in [0.25, 0.3) is 0 Å². The van der Waals surface area contributed by atoms with Crippen LogP contribution in [0.2, 0.25) is 0 Å². The molecule has 1 aliphatic heterocycles. The number of nitrogens with zero attached hydrogens (tertiary/aromatic N) is 1. The molecule has 1 heterocycles. The predicted octanol–water partition coefficient (Wildman–Crippen LogP) is 0.0753. The van der Waals surface area contributed by atoms with Gasteiger partial charge in [-0.3, -0.25) is 4.79 Å². The monoisotopic (exact) mass is 222 g/mol. The number of nitrogens with two attached hydrogens (primary N) is 1. The third-order valence-corrected chi connectivity index (χ3v) is 2.35. The SMILES string of the molecule is NCC1CN(C(=O)CCOCC(F)F)C1. The van der Waals surface area contributed by atoms with Crippen LogP contribution in [0.4, 0.5) is 8.78 Å². The summed E-state index contributed by atoms with van der Waals surface area (Å²) in [5, 5.41) is 0. The van der Waals surface area contributed by atoms with Crippen molar-refractivity contribution in [2.75, 3.05) is 32.8 Å². The van der Waals surface area contributed by atoms with Crippen LogP contribution >= 0.6 is 0 Å². The van der Waals surface area contributed by atoms with Gasteiger partial charge in [-0.25, -0.2) is 8.78 Å². The van der Waals surface area contributed by atoms with Gasteiger partial charge in [0.05, 0.1) is 13.0 Å². The van der Waals surface area contributed by atoms with Crippen molar-refractivity contribution < 1.29 is 18.3 Å². The second-order valence-corrected chi connectivity index (χ2v) is 3.62. The zero-order valence-corrected chi connectivity index (χ0v) is 8.49. The van der Waals surface area contributed by atoms with Crippen molar-refractivity contribution in [3.8, 4) is 0 Å². The maximum absolute atomic E-state index is 11.7. The van der Waals surface area contributed by atoms with Crippen LogP contribution in [0, 0.1) is 5.92 Å². The van der Waals surface area contributed by atoms with E-state index in [-0.39, 0.29) is 18.9 Å². The minimum Gasteiger partial charge on any atom is -0.375 e. The molecule has 6 heteroatoms. The number of carbonyl (C=O) groups excluding carboxylic acids is 1. The highest BCUT2D eigenvalue weighted by atomic mass is 19.3. The van der Waals surface area contributed by atoms with Gasteiger partial charge < -0.3 is 15.4 Å². The van der Waals surface area contributed by atoms with E-state index in [9.17, 15) is 13.6 Å². The van der Waals surface area contributed by atoms with E-state index in [0.29, 0.717) is 25.6 Å². The van der Waals surface area contributed by atoms with E-state index in [1.165, 1.54) is 0 Å². The lowest BCUT2D eigenvalue weighted by atomic mass is 10.0. The molecule has 0 unspecified atom stereocenters. The van der Waals surface area contributed by atoms with E-state index in [4.69, 9.17) is 5.73 Å². The van der Waals surface area contributed by atoms with Gasteiger partial charge in [0.1, 0.15) is 6.61 Å². The number of halogens is 2. The largest absolute Gasteiger partial charge is 0.375 e. The number of alkyl halides is 2. The maximum Gasteiger partial charge on any atom is 0.261 e. The van der Waals surface area contributed by atoms with Gasteiger partial charge in [0.2, 0.25) is 5.91 Å². The summed E-state index contributed by atoms with van der Waals surface area (Å²) in [6.45, 7) is 1.42. The normalized spacial score (nSPS) is 16.9. The van der Waals surface area contributed by atoms with Crippen molar-refractivity contribution in [3.63, 3.8) is 0 Å². The minimum atomic E-state index is -2.47. The van der Waals surface area contributed by atoms with Gasteiger partial charge in [-0.05, 0) is 6.54 Å². The molecule has 0 aliphatic carbocycles. The summed E-state index contributed by atoms with van der Waals surface area (Å²) in [6.07, 6.45) is -2.30. The Labute approximate surface area is 87.4 Å². The number of rotatable bonds is 6. The molecule has 15 heavy (non-hydrogen) atoms. The number of carbonyl (C=O) groups is 1. The Kier molecular flexibility index (Phi) is 4.90. The molecule has 0 spiro atoms. The van der Waals surface area contributed by atoms with Crippen LogP contribution in [0.3, 0.4) is 0 Å². The third kappa shape index (κ3) is 4.09. The van der Waals surface area contributed by atoms with Crippen molar-refractivity contribution >= 4 is 5.91 Å². The molecule has 1 amide bonds. The topological polar surface area (TPSA) is 55.6 Å². The first-order valence-corrected chi connectivity index (χ1v) is 4.97. The summed E-state index contributed by atoms with van der Waals surface area (Å²) in [5.41, 5.74) is 5.41. The highest BCUT2D eigenvalue weighted by Gasteiger charge is 2.28. The Balaban J connectivity index is 2.00. The lowest BCUT2D eigenvalue weighted by Crippen LogP contribution is -2.52. The highest BCUT2D eigenvalue weighted by molar-refractivity contribution is 5.77. The Morgan fingerprint density at radius 1 is 1.53 bits per heavy atom. The average molecular weight is 222 g/mol. The van der Waals surface area contributed by atoms with Gasteiger partial charge in [-0.2, -0.15) is 0 Å². The molecule has 0 aromatic carbocycles.